The predicted molar refractivity (Wildman–Crippen MR) is 65.6 cm³/mol. The second-order valence-electron chi connectivity index (χ2n) is 4.63. The highest BCUT2D eigenvalue weighted by molar-refractivity contribution is 4.77. The Morgan fingerprint density at radius 1 is 1.56 bits per heavy atom. The maximum absolute atomic E-state index is 9.83. The van der Waals surface area contributed by atoms with Gasteiger partial charge in [-0.05, 0) is 13.3 Å². The van der Waals surface area contributed by atoms with Gasteiger partial charge in [0, 0.05) is 38.8 Å². The molecule has 0 radical (unpaired) electrons. The van der Waals surface area contributed by atoms with Gasteiger partial charge in [-0.1, -0.05) is 13.3 Å². The zero-order valence-corrected chi connectivity index (χ0v) is 10.6. The lowest BCUT2D eigenvalue weighted by molar-refractivity contribution is 0.00569. The number of ether oxygens (including phenoxy) is 1. The molecule has 0 aromatic heterocycles. The minimum Gasteiger partial charge on any atom is -0.389 e. The van der Waals surface area contributed by atoms with Gasteiger partial charge in [0.2, 0.25) is 0 Å². The number of aliphatic hydroxyl groups excluding tert-OH is 1. The molecule has 0 aliphatic carbocycles. The molecule has 1 rings (SSSR count). The number of piperazine rings is 1. The Morgan fingerprint density at radius 2 is 2.38 bits per heavy atom. The van der Waals surface area contributed by atoms with Gasteiger partial charge in [-0.2, -0.15) is 0 Å². The molecular formula is C12H26N2O2. The van der Waals surface area contributed by atoms with E-state index in [9.17, 15) is 5.11 Å². The topological polar surface area (TPSA) is 44.7 Å². The molecule has 96 valence electrons. The molecule has 2 unspecified atom stereocenters. The van der Waals surface area contributed by atoms with Crippen molar-refractivity contribution in [2.45, 2.75) is 38.8 Å². The van der Waals surface area contributed by atoms with Crippen molar-refractivity contribution in [1.82, 2.24) is 10.2 Å². The second kappa shape index (κ2) is 8.01. The van der Waals surface area contributed by atoms with Crippen LogP contribution in [0.15, 0.2) is 0 Å². The smallest absolute Gasteiger partial charge is 0.0900 e. The van der Waals surface area contributed by atoms with E-state index in [0.29, 0.717) is 12.6 Å². The molecule has 0 spiro atoms. The lowest BCUT2D eigenvalue weighted by Gasteiger charge is -2.35. The lowest BCUT2D eigenvalue weighted by atomic mass is 10.2. The van der Waals surface area contributed by atoms with Crippen molar-refractivity contribution in [1.29, 1.82) is 0 Å². The molecule has 2 atom stereocenters. The summed E-state index contributed by atoms with van der Waals surface area (Å²) in [6.07, 6.45) is 1.87. The van der Waals surface area contributed by atoms with Crippen molar-refractivity contribution in [3.8, 4) is 0 Å². The first kappa shape index (κ1) is 13.9. The van der Waals surface area contributed by atoms with Gasteiger partial charge in [0.1, 0.15) is 0 Å². The van der Waals surface area contributed by atoms with Crippen LogP contribution in [0.3, 0.4) is 0 Å². The third-order valence-electron chi connectivity index (χ3n) is 3.04. The van der Waals surface area contributed by atoms with E-state index in [0.717, 1.165) is 45.6 Å². The van der Waals surface area contributed by atoms with Crippen LogP contribution < -0.4 is 5.32 Å². The summed E-state index contributed by atoms with van der Waals surface area (Å²) in [6.45, 7) is 9.36. The molecule has 4 nitrogen and oxygen atoms in total. The molecule has 16 heavy (non-hydrogen) atoms. The van der Waals surface area contributed by atoms with Crippen LogP contribution in [-0.4, -0.2) is 61.5 Å². The molecule has 1 saturated heterocycles. The largest absolute Gasteiger partial charge is 0.389 e. The van der Waals surface area contributed by atoms with Crippen LogP contribution >= 0.6 is 0 Å². The number of rotatable bonds is 7. The van der Waals surface area contributed by atoms with E-state index in [-0.39, 0.29) is 6.10 Å². The standard InChI is InChI=1S/C12H26N2O2/c1-3-4-7-16-10-12(15)9-14-6-5-13-8-11(14)2/h11-13,15H,3-10H2,1-2H3. The Bertz CT molecular complexity index is 178. The van der Waals surface area contributed by atoms with Crippen LogP contribution in [0.25, 0.3) is 0 Å². The summed E-state index contributed by atoms with van der Waals surface area (Å²) in [5.41, 5.74) is 0. The van der Waals surface area contributed by atoms with Crippen molar-refractivity contribution < 1.29 is 9.84 Å². The quantitative estimate of drug-likeness (QED) is 0.624. The molecule has 1 fully saturated rings. The highest BCUT2D eigenvalue weighted by Gasteiger charge is 2.20. The predicted octanol–water partition coefficient (Wildman–Crippen LogP) is 0.458. The van der Waals surface area contributed by atoms with Crippen molar-refractivity contribution >= 4 is 0 Å². The van der Waals surface area contributed by atoms with Crippen molar-refractivity contribution in [2.24, 2.45) is 0 Å². The highest BCUT2D eigenvalue weighted by Crippen LogP contribution is 2.03. The molecule has 0 aromatic carbocycles. The van der Waals surface area contributed by atoms with Crippen LogP contribution in [0, 0.1) is 0 Å². The van der Waals surface area contributed by atoms with E-state index < -0.39 is 0 Å². The number of nitrogens with one attached hydrogen (secondary N) is 1. The average molecular weight is 230 g/mol. The zero-order chi connectivity index (χ0) is 11.8. The van der Waals surface area contributed by atoms with Gasteiger partial charge in [0.25, 0.3) is 0 Å². The molecule has 0 amide bonds. The molecule has 0 saturated carbocycles. The van der Waals surface area contributed by atoms with E-state index in [1.54, 1.807) is 0 Å². The maximum atomic E-state index is 9.83. The molecule has 1 aliphatic heterocycles. The van der Waals surface area contributed by atoms with Crippen LogP contribution in [0.4, 0.5) is 0 Å². The van der Waals surface area contributed by atoms with Crippen LogP contribution in [0.5, 0.6) is 0 Å². The Balaban J connectivity index is 2.09. The summed E-state index contributed by atoms with van der Waals surface area (Å²) in [5, 5.41) is 13.2. The molecule has 1 heterocycles. The summed E-state index contributed by atoms with van der Waals surface area (Å²) >= 11 is 0. The first-order valence-corrected chi connectivity index (χ1v) is 6.44. The van der Waals surface area contributed by atoms with E-state index in [1.165, 1.54) is 0 Å². The highest BCUT2D eigenvalue weighted by atomic mass is 16.5. The molecule has 2 N–H and O–H groups in total. The second-order valence-corrected chi connectivity index (χ2v) is 4.63. The Hall–Kier alpha value is -0.160. The Morgan fingerprint density at radius 3 is 3.06 bits per heavy atom. The van der Waals surface area contributed by atoms with Gasteiger partial charge < -0.3 is 15.2 Å². The van der Waals surface area contributed by atoms with Gasteiger partial charge in [-0.15, -0.1) is 0 Å². The van der Waals surface area contributed by atoms with Crippen molar-refractivity contribution in [3.05, 3.63) is 0 Å². The van der Waals surface area contributed by atoms with Gasteiger partial charge >= 0.3 is 0 Å². The van der Waals surface area contributed by atoms with Gasteiger partial charge in [0.15, 0.2) is 0 Å². The van der Waals surface area contributed by atoms with Gasteiger partial charge in [0.05, 0.1) is 12.7 Å². The number of hydrogen-bond acceptors (Lipinski definition) is 4. The molecule has 4 heteroatoms. The van der Waals surface area contributed by atoms with Crippen molar-refractivity contribution in [3.63, 3.8) is 0 Å². The van der Waals surface area contributed by atoms with E-state index in [2.05, 4.69) is 24.1 Å². The summed E-state index contributed by atoms with van der Waals surface area (Å²) in [5.74, 6) is 0. The Kier molecular flexibility index (Phi) is 6.96. The molecule has 0 bridgehead atoms. The fraction of sp³-hybridized carbons (Fsp3) is 1.00. The molecule has 1 aliphatic rings. The fourth-order valence-corrected chi connectivity index (χ4v) is 1.94. The fourth-order valence-electron chi connectivity index (χ4n) is 1.94. The third-order valence-corrected chi connectivity index (χ3v) is 3.04. The van der Waals surface area contributed by atoms with E-state index in [1.807, 2.05) is 0 Å². The van der Waals surface area contributed by atoms with E-state index >= 15 is 0 Å². The normalized spacial score (nSPS) is 24.6. The Labute approximate surface area is 99.0 Å². The molecule has 0 aromatic rings. The number of nitrogens with zero attached hydrogens (tertiary/aromatic N) is 1. The molecular weight excluding hydrogens is 204 g/mol. The van der Waals surface area contributed by atoms with Gasteiger partial charge in [-0.3, -0.25) is 4.90 Å². The minimum atomic E-state index is -0.350. The van der Waals surface area contributed by atoms with Crippen molar-refractivity contribution in [2.75, 3.05) is 39.4 Å². The SMILES string of the molecule is CCCCOCC(O)CN1CCNCC1C. The van der Waals surface area contributed by atoms with Crippen LogP contribution in [-0.2, 0) is 4.74 Å². The number of unbranched alkanes of at least 4 members (excludes halogenated alkanes) is 1. The third kappa shape index (κ3) is 5.25. The first-order valence-electron chi connectivity index (χ1n) is 6.44. The van der Waals surface area contributed by atoms with Gasteiger partial charge in [-0.25, -0.2) is 0 Å². The van der Waals surface area contributed by atoms with E-state index in [4.69, 9.17) is 4.74 Å². The number of hydrogen-bond donors (Lipinski definition) is 2. The number of aliphatic hydroxyl groups is 1. The lowest BCUT2D eigenvalue weighted by Crippen LogP contribution is -2.52. The summed E-state index contributed by atoms with van der Waals surface area (Å²) in [7, 11) is 0. The minimum absolute atomic E-state index is 0.350. The summed E-state index contributed by atoms with van der Waals surface area (Å²) in [4.78, 5) is 2.32. The monoisotopic (exact) mass is 230 g/mol. The van der Waals surface area contributed by atoms with Crippen LogP contribution in [0.1, 0.15) is 26.7 Å². The summed E-state index contributed by atoms with van der Waals surface area (Å²) < 4.78 is 5.42. The summed E-state index contributed by atoms with van der Waals surface area (Å²) in [6, 6.07) is 0.513. The zero-order valence-electron chi connectivity index (χ0n) is 10.6. The number of β-amino-alcohol motifs (C(OH)–C–C–N with tert-alkyl or cyclic N) is 1. The first-order chi connectivity index (χ1) is 7.74. The van der Waals surface area contributed by atoms with Crippen LogP contribution in [0.2, 0.25) is 0 Å². The maximum Gasteiger partial charge on any atom is 0.0900 e. The average Bonchev–Trinajstić information content (AvgIpc) is 2.28.